The lowest BCUT2D eigenvalue weighted by atomic mass is 10.1. The molecule has 1 aliphatic rings. The van der Waals surface area contributed by atoms with Gasteiger partial charge in [-0.15, -0.1) is 0 Å². The van der Waals surface area contributed by atoms with Crippen LogP contribution in [0.1, 0.15) is 18.5 Å². The van der Waals surface area contributed by atoms with Gasteiger partial charge in [0.2, 0.25) is 5.91 Å². The lowest BCUT2D eigenvalue weighted by Crippen LogP contribution is -2.47. The number of nitrogens with one attached hydrogen (secondary N) is 3. The van der Waals surface area contributed by atoms with Gasteiger partial charge in [0.25, 0.3) is 0 Å². The fourth-order valence-electron chi connectivity index (χ4n) is 2.98. The van der Waals surface area contributed by atoms with Gasteiger partial charge in [0, 0.05) is 28.8 Å². The highest BCUT2D eigenvalue weighted by atomic mass is 35.5. The Labute approximate surface area is 178 Å². The van der Waals surface area contributed by atoms with E-state index in [4.69, 9.17) is 34.8 Å². The van der Waals surface area contributed by atoms with Crippen LogP contribution in [0.2, 0.25) is 15.1 Å². The van der Waals surface area contributed by atoms with E-state index in [-0.39, 0.29) is 24.5 Å². The third-order valence-electron chi connectivity index (χ3n) is 4.36. The van der Waals surface area contributed by atoms with Crippen LogP contribution in [-0.4, -0.2) is 31.6 Å². The highest BCUT2D eigenvalue weighted by Gasteiger charge is 2.19. The minimum absolute atomic E-state index is 0.0428. The number of rotatable bonds is 4. The van der Waals surface area contributed by atoms with Crippen LogP contribution in [0.25, 0.3) is 0 Å². The SMILES string of the molecule is CC(NC(=O)Nc1ccc(N2CCNC(=O)C2)c(Cl)c1)c1ccc(Cl)cc1Cl. The number of hydrogen-bond donors (Lipinski definition) is 3. The maximum absolute atomic E-state index is 12.3. The normalized spacial score (nSPS) is 15.0. The molecule has 2 aromatic rings. The molecule has 0 saturated carbocycles. The Hall–Kier alpha value is -2.15. The fraction of sp³-hybridized carbons (Fsp3) is 0.263. The molecule has 3 amide bonds. The first-order chi connectivity index (χ1) is 13.3. The molecule has 3 N–H and O–H groups in total. The van der Waals surface area contributed by atoms with Crippen LogP contribution in [0.15, 0.2) is 36.4 Å². The fourth-order valence-corrected chi connectivity index (χ4v) is 3.85. The van der Waals surface area contributed by atoms with E-state index >= 15 is 0 Å². The summed E-state index contributed by atoms with van der Waals surface area (Å²) in [5.41, 5.74) is 2.06. The molecule has 1 aliphatic heterocycles. The summed E-state index contributed by atoms with van der Waals surface area (Å²) in [5, 5.41) is 9.83. The number of hydrogen-bond acceptors (Lipinski definition) is 3. The van der Waals surface area contributed by atoms with E-state index in [2.05, 4.69) is 16.0 Å². The number of nitrogens with zero attached hydrogens (tertiary/aromatic N) is 1. The van der Waals surface area contributed by atoms with Crippen molar-refractivity contribution < 1.29 is 9.59 Å². The van der Waals surface area contributed by atoms with Crippen molar-refractivity contribution in [1.29, 1.82) is 0 Å². The quantitative estimate of drug-likeness (QED) is 0.655. The lowest BCUT2D eigenvalue weighted by molar-refractivity contribution is -0.120. The van der Waals surface area contributed by atoms with Crippen molar-refractivity contribution in [2.24, 2.45) is 0 Å². The van der Waals surface area contributed by atoms with Gasteiger partial charge in [-0.1, -0.05) is 40.9 Å². The van der Waals surface area contributed by atoms with E-state index in [9.17, 15) is 9.59 Å². The number of halogens is 3. The van der Waals surface area contributed by atoms with Gasteiger partial charge in [-0.2, -0.15) is 0 Å². The summed E-state index contributed by atoms with van der Waals surface area (Å²) in [7, 11) is 0. The molecule has 6 nitrogen and oxygen atoms in total. The smallest absolute Gasteiger partial charge is 0.319 e. The van der Waals surface area contributed by atoms with Gasteiger partial charge in [0.15, 0.2) is 0 Å². The van der Waals surface area contributed by atoms with Crippen molar-refractivity contribution in [3.05, 3.63) is 57.0 Å². The van der Waals surface area contributed by atoms with Crippen LogP contribution < -0.4 is 20.9 Å². The number of piperazine rings is 1. The van der Waals surface area contributed by atoms with E-state index in [0.29, 0.717) is 33.8 Å². The molecule has 3 rings (SSSR count). The third kappa shape index (κ3) is 5.01. The summed E-state index contributed by atoms with van der Waals surface area (Å²) in [5.74, 6) is -0.0428. The van der Waals surface area contributed by atoms with Crippen LogP contribution in [0.5, 0.6) is 0 Å². The molecule has 28 heavy (non-hydrogen) atoms. The highest BCUT2D eigenvalue weighted by molar-refractivity contribution is 6.35. The zero-order valence-electron chi connectivity index (χ0n) is 15.1. The van der Waals surface area contributed by atoms with Crippen molar-refractivity contribution >= 4 is 58.1 Å². The van der Waals surface area contributed by atoms with Gasteiger partial charge in [-0.3, -0.25) is 4.79 Å². The van der Waals surface area contributed by atoms with Crippen LogP contribution >= 0.6 is 34.8 Å². The zero-order chi connectivity index (χ0) is 20.3. The first-order valence-corrected chi connectivity index (χ1v) is 9.80. The number of carbonyl (C=O) groups excluding carboxylic acids is 2. The van der Waals surface area contributed by atoms with E-state index in [1.54, 1.807) is 36.4 Å². The molecule has 0 aliphatic carbocycles. The van der Waals surface area contributed by atoms with Crippen LogP contribution in [0.4, 0.5) is 16.2 Å². The van der Waals surface area contributed by atoms with Crippen LogP contribution in [0.3, 0.4) is 0 Å². The molecular weight excluding hydrogens is 423 g/mol. The Morgan fingerprint density at radius 3 is 2.61 bits per heavy atom. The average Bonchev–Trinajstić information content (AvgIpc) is 2.61. The summed E-state index contributed by atoms with van der Waals surface area (Å²) in [4.78, 5) is 25.8. The maximum Gasteiger partial charge on any atom is 0.319 e. The third-order valence-corrected chi connectivity index (χ3v) is 5.23. The van der Waals surface area contributed by atoms with Crippen molar-refractivity contribution in [1.82, 2.24) is 10.6 Å². The first-order valence-electron chi connectivity index (χ1n) is 8.67. The molecule has 1 saturated heterocycles. The van der Waals surface area contributed by atoms with E-state index in [1.807, 2.05) is 11.8 Å². The molecule has 148 valence electrons. The van der Waals surface area contributed by atoms with Gasteiger partial charge >= 0.3 is 6.03 Å². The molecule has 1 heterocycles. The number of amides is 3. The highest BCUT2D eigenvalue weighted by Crippen LogP contribution is 2.30. The number of carbonyl (C=O) groups is 2. The minimum atomic E-state index is -0.389. The zero-order valence-corrected chi connectivity index (χ0v) is 17.3. The van der Waals surface area contributed by atoms with E-state index < -0.39 is 0 Å². The molecule has 1 fully saturated rings. The van der Waals surface area contributed by atoms with Crippen molar-refractivity contribution in [3.8, 4) is 0 Å². The van der Waals surface area contributed by atoms with Gasteiger partial charge in [-0.25, -0.2) is 4.79 Å². The molecule has 1 unspecified atom stereocenters. The van der Waals surface area contributed by atoms with Gasteiger partial charge < -0.3 is 20.9 Å². The average molecular weight is 442 g/mol. The van der Waals surface area contributed by atoms with Crippen LogP contribution in [0, 0.1) is 0 Å². The van der Waals surface area contributed by atoms with Gasteiger partial charge in [0.1, 0.15) is 0 Å². The monoisotopic (exact) mass is 440 g/mol. The maximum atomic E-state index is 12.3. The number of benzene rings is 2. The van der Waals surface area contributed by atoms with Gasteiger partial charge in [-0.05, 0) is 42.8 Å². The summed E-state index contributed by atoms with van der Waals surface area (Å²) >= 11 is 18.4. The Kier molecular flexibility index (Phi) is 6.54. The molecule has 1 atom stereocenters. The minimum Gasteiger partial charge on any atom is -0.359 e. The number of urea groups is 1. The Bertz CT molecular complexity index is 907. The van der Waals surface area contributed by atoms with E-state index in [0.717, 1.165) is 11.3 Å². The second kappa shape index (κ2) is 8.90. The second-order valence-corrected chi connectivity index (χ2v) is 7.67. The molecule has 0 radical (unpaired) electrons. The topological polar surface area (TPSA) is 73.5 Å². The molecular formula is C19H19Cl3N4O2. The standard InChI is InChI=1S/C19H19Cl3N4O2/c1-11(14-4-2-12(20)8-15(14)21)24-19(28)25-13-3-5-17(16(22)9-13)26-7-6-23-18(27)10-26/h2-5,8-9,11H,6-7,10H2,1H3,(H,23,27)(H2,24,25,28). The van der Waals surface area contributed by atoms with Crippen molar-refractivity contribution in [2.45, 2.75) is 13.0 Å². The molecule has 0 spiro atoms. The molecule has 0 bridgehead atoms. The van der Waals surface area contributed by atoms with Gasteiger partial charge in [0.05, 0.1) is 23.3 Å². The lowest BCUT2D eigenvalue weighted by Gasteiger charge is -2.29. The Balaban J connectivity index is 1.64. The molecule has 2 aromatic carbocycles. The molecule has 0 aromatic heterocycles. The van der Waals surface area contributed by atoms with Crippen molar-refractivity contribution in [2.75, 3.05) is 29.9 Å². The van der Waals surface area contributed by atoms with Crippen LogP contribution in [-0.2, 0) is 4.79 Å². The molecule has 9 heteroatoms. The predicted molar refractivity (Wildman–Crippen MR) is 114 cm³/mol. The predicted octanol–water partition coefficient (Wildman–Crippen LogP) is 4.47. The summed E-state index contributed by atoms with van der Waals surface area (Å²) in [6, 6.07) is 9.61. The summed E-state index contributed by atoms with van der Waals surface area (Å²) in [6.07, 6.45) is 0. The Morgan fingerprint density at radius 2 is 1.93 bits per heavy atom. The van der Waals surface area contributed by atoms with Crippen molar-refractivity contribution in [3.63, 3.8) is 0 Å². The second-order valence-electron chi connectivity index (χ2n) is 6.42. The Morgan fingerprint density at radius 1 is 1.14 bits per heavy atom. The number of anilines is 2. The summed E-state index contributed by atoms with van der Waals surface area (Å²) < 4.78 is 0. The largest absolute Gasteiger partial charge is 0.359 e. The summed E-state index contributed by atoms with van der Waals surface area (Å²) in [6.45, 7) is 3.33. The van der Waals surface area contributed by atoms with E-state index in [1.165, 1.54) is 0 Å². The first kappa shape index (κ1) is 20.6.